The highest BCUT2D eigenvalue weighted by Gasteiger charge is 2.12. The zero-order valence-electron chi connectivity index (χ0n) is 11.2. The second-order valence-electron chi connectivity index (χ2n) is 4.73. The van der Waals surface area contributed by atoms with Gasteiger partial charge >= 0.3 is 0 Å². The molecule has 0 aliphatic rings. The number of rotatable bonds is 5. The molecule has 0 aromatic heterocycles. The van der Waals surface area contributed by atoms with Gasteiger partial charge in [-0.25, -0.2) is 0 Å². The Labute approximate surface area is 109 Å². The Hall–Kier alpha value is -1.95. The third kappa shape index (κ3) is 4.50. The summed E-state index contributed by atoms with van der Waals surface area (Å²) in [6.07, 6.45) is 5.33. The lowest BCUT2D eigenvalue weighted by molar-refractivity contribution is -0.121. The van der Waals surface area contributed by atoms with E-state index in [1.165, 1.54) is 0 Å². The fourth-order valence-electron chi connectivity index (χ4n) is 1.47. The number of anilines is 1. The van der Waals surface area contributed by atoms with Crippen LogP contribution in [0.1, 0.15) is 26.3 Å². The number of terminal acetylenes is 1. The first-order valence-electron chi connectivity index (χ1n) is 6.14. The van der Waals surface area contributed by atoms with Crippen LogP contribution in [0.4, 0.5) is 5.69 Å². The lowest BCUT2D eigenvalue weighted by atomic mass is 10.2. The Morgan fingerprint density at radius 2 is 2.11 bits per heavy atom. The zero-order chi connectivity index (χ0) is 13.5. The summed E-state index contributed by atoms with van der Waals surface area (Å²) < 4.78 is 0. The molecule has 1 aromatic rings. The minimum Gasteiger partial charge on any atom is -0.374 e. The molecule has 1 aromatic carbocycles. The number of carbonyl (C=O) groups excluding carboxylic acids is 1. The van der Waals surface area contributed by atoms with Crippen molar-refractivity contribution in [2.45, 2.75) is 26.8 Å². The Kier molecular flexibility index (Phi) is 5.26. The summed E-state index contributed by atoms with van der Waals surface area (Å²) in [5, 5.41) is 6.02. The molecule has 0 aliphatic heterocycles. The van der Waals surface area contributed by atoms with Crippen LogP contribution in [0.2, 0.25) is 0 Å². The average Bonchev–Trinajstić information content (AvgIpc) is 2.36. The first-order valence-corrected chi connectivity index (χ1v) is 6.14. The first-order chi connectivity index (χ1) is 8.52. The van der Waals surface area contributed by atoms with Crippen LogP contribution in [-0.4, -0.2) is 18.5 Å². The van der Waals surface area contributed by atoms with Crippen molar-refractivity contribution in [2.75, 3.05) is 11.9 Å². The number of benzene rings is 1. The van der Waals surface area contributed by atoms with Gasteiger partial charge in [0.15, 0.2) is 0 Å². The molecule has 0 spiro atoms. The molecule has 0 heterocycles. The SMILES string of the molecule is C#Cc1cccc(NC(C)C(=O)NCC(C)C)c1. The minimum absolute atomic E-state index is 0.00480. The third-order valence-corrected chi connectivity index (χ3v) is 2.49. The Morgan fingerprint density at radius 3 is 2.72 bits per heavy atom. The van der Waals surface area contributed by atoms with Gasteiger partial charge < -0.3 is 10.6 Å². The summed E-state index contributed by atoms with van der Waals surface area (Å²) in [7, 11) is 0. The molecule has 1 amide bonds. The summed E-state index contributed by atoms with van der Waals surface area (Å²) in [6, 6.07) is 7.20. The van der Waals surface area contributed by atoms with Gasteiger partial charge in [0, 0.05) is 17.8 Å². The van der Waals surface area contributed by atoms with Crippen molar-refractivity contribution in [3.63, 3.8) is 0 Å². The molecule has 1 atom stereocenters. The quantitative estimate of drug-likeness (QED) is 0.780. The summed E-state index contributed by atoms with van der Waals surface area (Å²) in [4.78, 5) is 11.8. The molecule has 18 heavy (non-hydrogen) atoms. The van der Waals surface area contributed by atoms with Gasteiger partial charge in [-0.15, -0.1) is 6.42 Å². The lowest BCUT2D eigenvalue weighted by Crippen LogP contribution is -2.39. The molecule has 3 nitrogen and oxygen atoms in total. The molecular weight excluding hydrogens is 224 g/mol. The van der Waals surface area contributed by atoms with Gasteiger partial charge in [-0.05, 0) is 31.0 Å². The number of hydrogen-bond donors (Lipinski definition) is 2. The van der Waals surface area contributed by atoms with E-state index in [4.69, 9.17) is 6.42 Å². The normalized spacial score (nSPS) is 11.7. The monoisotopic (exact) mass is 244 g/mol. The molecule has 0 aliphatic carbocycles. The molecule has 0 saturated heterocycles. The number of hydrogen-bond acceptors (Lipinski definition) is 2. The Morgan fingerprint density at radius 1 is 1.39 bits per heavy atom. The molecule has 0 radical (unpaired) electrons. The Bertz CT molecular complexity index is 446. The van der Waals surface area contributed by atoms with Gasteiger partial charge in [0.05, 0.1) is 0 Å². The van der Waals surface area contributed by atoms with Gasteiger partial charge in [-0.2, -0.15) is 0 Å². The van der Waals surface area contributed by atoms with Crippen molar-refractivity contribution in [2.24, 2.45) is 5.92 Å². The van der Waals surface area contributed by atoms with E-state index in [0.29, 0.717) is 12.5 Å². The molecule has 0 saturated carbocycles. The topological polar surface area (TPSA) is 41.1 Å². The minimum atomic E-state index is -0.281. The maximum Gasteiger partial charge on any atom is 0.242 e. The van der Waals surface area contributed by atoms with Gasteiger partial charge in [-0.1, -0.05) is 25.8 Å². The fraction of sp³-hybridized carbons (Fsp3) is 0.400. The van der Waals surface area contributed by atoms with E-state index in [0.717, 1.165) is 11.3 Å². The Balaban J connectivity index is 2.55. The molecule has 0 fully saturated rings. The van der Waals surface area contributed by atoms with Crippen molar-refractivity contribution in [1.29, 1.82) is 0 Å². The van der Waals surface area contributed by atoms with Crippen molar-refractivity contribution >= 4 is 11.6 Å². The lowest BCUT2D eigenvalue weighted by Gasteiger charge is -2.16. The van der Waals surface area contributed by atoms with Gasteiger partial charge in [0.2, 0.25) is 5.91 Å². The second-order valence-corrected chi connectivity index (χ2v) is 4.73. The molecular formula is C15H20N2O. The number of carbonyl (C=O) groups is 1. The molecule has 0 bridgehead atoms. The van der Waals surface area contributed by atoms with E-state index in [9.17, 15) is 4.79 Å². The van der Waals surface area contributed by atoms with E-state index < -0.39 is 0 Å². The van der Waals surface area contributed by atoms with Crippen LogP contribution in [0.25, 0.3) is 0 Å². The maximum atomic E-state index is 11.8. The highest BCUT2D eigenvalue weighted by atomic mass is 16.2. The van der Waals surface area contributed by atoms with Crippen LogP contribution in [0, 0.1) is 18.3 Å². The molecule has 96 valence electrons. The smallest absolute Gasteiger partial charge is 0.242 e. The van der Waals surface area contributed by atoms with Crippen molar-refractivity contribution in [3.8, 4) is 12.3 Å². The predicted molar refractivity (Wildman–Crippen MR) is 75.3 cm³/mol. The van der Waals surface area contributed by atoms with E-state index in [1.807, 2.05) is 31.2 Å². The predicted octanol–water partition coefficient (Wildman–Crippen LogP) is 2.24. The summed E-state index contributed by atoms with van der Waals surface area (Å²) in [6.45, 7) is 6.65. The van der Waals surface area contributed by atoms with Crippen LogP contribution in [0.3, 0.4) is 0 Å². The highest BCUT2D eigenvalue weighted by Crippen LogP contribution is 2.11. The molecule has 3 heteroatoms. The second kappa shape index (κ2) is 6.70. The van der Waals surface area contributed by atoms with Gasteiger partial charge in [0.1, 0.15) is 6.04 Å². The van der Waals surface area contributed by atoms with Crippen molar-refractivity contribution in [1.82, 2.24) is 5.32 Å². The number of nitrogens with one attached hydrogen (secondary N) is 2. The van der Waals surface area contributed by atoms with Crippen LogP contribution in [0.15, 0.2) is 24.3 Å². The van der Waals surface area contributed by atoms with Crippen LogP contribution in [-0.2, 0) is 4.79 Å². The largest absolute Gasteiger partial charge is 0.374 e. The molecule has 1 rings (SSSR count). The third-order valence-electron chi connectivity index (χ3n) is 2.49. The van der Waals surface area contributed by atoms with E-state index in [-0.39, 0.29) is 11.9 Å². The summed E-state index contributed by atoms with van der Waals surface area (Å²) in [5.41, 5.74) is 1.66. The average molecular weight is 244 g/mol. The standard InChI is InChI=1S/C15H20N2O/c1-5-13-7-6-8-14(9-13)17-12(4)15(18)16-10-11(2)3/h1,6-9,11-12,17H,10H2,2-4H3,(H,16,18). The zero-order valence-corrected chi connectivity index (χ0v) is 11.2. The van der Waals surface area contributed by atoms with E-state index in [1.54, 1.807) is 0 Å². The maximum absolute atomic E-state index is 11.8. The molecule has 2 N–H and O–H groups in total. The summed E-state index contributed by atoms with van der Waals surface area (Å²) >= 11 is 0. The number of amides is 1. The van der Waals surface area contributed by atoms with Gasteiger partial charge in [0.25, 0.3) is 0 Å². The van der Waals surface area contributed by atoms with Crippen molar-refractivity contribution < 1.29 is 4.79 Å². The van der Waals surface area contributed by atoms with Crippen molar-refractivity contribution in [3.05, 3.63) is 29.8 Å². The van der Waals surface area contributed by atoms with Crippen LogP contribution >= 0.6 is 0 Å². The highest BCUT2D eigenvalue weighted by molar-refractivity contribution is 5.84. The summed E-state index contributed by atoms with van der Waals surface area (Å²) in [5.74, 6) is 3.01. The van der Waals surface area contributed by atoms with Crippen LogP contribution < -0.4 is 10.6 Å². The fourth-order valence-corrected chi connectivity index (χ4v) is 1.47. The van der Waals surface area contributed by atoms with E-state index in [2.05, 4.69) is 30.4 Å². The van der Waals surface area contributed by atoms with Gasteiger partial charge in [-0.3, -0.25) is 4.79 Å². The van der Waals surface area contributed by atoms with Crippen LogP contribution in [0.5, 0.6) is 0 Å². The molecule has 1 unspecified atom stereocenters. The van der Waals surface area contributed by atoms with E-state index >= 15 is 0 Å². The first kappa shape index (κ1) is 14.1.